The Hall–Kier alpha value is -3.59. The number of rotatable bonds is 5. The summed E-state index contributed by atoms with van der Waals surface area (Å²) in [6.45, 7) is 5.85. The molecule has 0 aliphatic heterocycles. The van der Waals surface area contributed by atoms with E-state index in [2.05, 4.69) is 20.3 Å². The van der Waals surface area contributed by atoms with Crippen molar-refractivity contribution in [2.45, 2.75) is 20.8 Å². The molecule has 0 saturated heterocycles. The molecule has 0 aliphatic rings. The van der Waals surface area contributed by atoms with E-state index in [1.165, 1.54) is 17.7 Å². The molecule has 0 fully saturated rings. The molecule has 0 radical (unpaired) electrons. The van der Waals surface area contributed by atoms with Gasteiger partial charge in [0.05, 0.1) is 15.1 Å². The zero-order valence-corrected chi connectivity index (χ0v) is 16.8. The number of ether oxygens (including phenoxy) is 1. The van der Waals surface area contributed by atoms with Crippen LogP contribution in [0.2, 0.25) is 0 Å². The smallest absolute Gasteiger partial charge is 0.373 e. The fourth-order valence-electron chi connectivity index (χ4n) is 2.98. The number of hydrogen-bond acceptors (Lipinski definition) is 8. The van der Waals surface area contributed by atoms with Gasteiger partial charge in [0.15, 0.2) is 5.13 Å². The van der Waals surface area contributed by atoms with Crippen LogP contribution < -0.4 is 10.1 Å². The molecule has 146 valence electrons. The molecule has 4 aromatic rings. The summed E-state index contributed by atoms with van der Waals surface area (Å²) in [6.07, 6.45) is 1.23. The van der Waals surface area contributed by atoms with E-state index in [4.69, 9.17) is 4.74 Å². The number of aromatic nitrogens is 3. The maximum Gasteiger partial charge on any atom is 0.373 e. The molecule has 8 nitrogen and oxygen atoms in total. The molecule has 2 aromatic carbocycles. The van der Waals surface area contributed by atoms with Gasteiger partial charge < -0.3 is 10.1 Å². The van der Waals surface area contributed by atoms with Gasteiger partial charge in [-0.1, -0.05) is 23.5 Å². The Balaban J connectivity index is 1.71. The first-order chi connectivity index (χ1) is 13.9. The predicted molar refractivity (Wildman–Crippen MR) is 112 cm³/mol. The van der Waals surface area contributed by atoms with E-state index in [0.29, 0.717) is 10.9 Å². The lowest BCUT2D eigenvalue weighted by molar-refractivity contribution is -0.385. The second-order valence-electron chi connectivity index (χ2n) is 6.67. The van der Waals surface area contributed by atoms with Gasteiger partial charge in [-0.3, -0.25) is 10.1 Å². The summed E-state index contributed by atoms with van der Waals surface area (Å²) in [4.78, 5) is 23.7. The predicted octanol–water partition coefficient (Wildman–Crippen LogP) is 5.46. The lowest BCUT2D eigenvalue weighted by Crippen LogP contribution is -2.03. The standard InChI is InChI=1S/C20H17N5O3S/c1-11-4-5-15-16(9-11)29-20(23-15)24-18-17(25(26)27)19(22-10-21-18)28-14-7-12(2)6-13(3)8-14/h4-10H,1-3H3,(H,21,22,23,24). The van der Waals surface area contributed by atoms with Crippen molar-refractivity contribution in [3.63, 3.8) is 0 Å². The number of nitrogens with zero attached hydrogens (tertiary/aromatic N) is 4. The number of fused-ring (bicyclic) bond motifs is 1. The highest BCUT2D eigenvalue weighted by molar-refractivity contribution is 7.22. The van der Waals surface area contributed by atoms with Gasteiger partial charge in [-0.2, -0.15) is 4.98 Å². The van der Waals surface area contributed by atoms with Crippen molar-refractivity contribution >= 4 is 38.2 Å². The summed E-state index contributed by atoms with van der Waals surface area (Å²) in [5, 5.41) is 15.2. The van der Waals surface area contributed by atoms with Crippen LogP contribution in [0.25, 0.3) is 10.2 Å². The van der Waals surface area contributed by atoms with Crippen molar-refractivity contribution in [2.24, 2.45) is 0 Å². The largest absolute Gasteiger partial charge is 0.434 e. The molecular weight excluding hydrogens is 390 g/mol. The molecule has 4 rings (SSSR count). The van der Waals surface area contributed by atoms with Crippen molar-refractivity contribution in [3.8, 4) is 11.6 Å². The summed E-state index contributed by atoms with van der Waals surface area (Å²) in [6, 6.07) is 11.5. The van der Waals surface area contributed by atoms with Crippen LogP contribution in [0, 0.1) is 30.9 Å². The van der Waals surface area contributed by atoms with Crippen LogP contribution in [0.3, 0.4) is 0 Å². The van der Waals surface area contributed by atoms with Gasteiger partial charge in [-0.05, 0) is 61.7 Å². The van der Waals surface area contributed by atoms with Gasteiger partial charge in [-0.15, -0.1) is 0 Å². The Bertz CT molecular complexity index is 1220. The Morgan fingerprint density at radius 1 is 1.03 bits per heavy atom. The molecular formula is C20H17N5O3S. The van der Waals surface area contributed by atoms with Crippen LogP contribution in [-0.4, -0.2) is 19.9 Å². The number of aryl methyl sites for hydroxylation is 3. The molecule has 2 aromatic heterocycles. The summed E-state index contributed by atoms with van der Waals surface area (Å²) in [5.74, 6) is 0.375. The number of thiazole rings is 1. The van der Waals surface area contributed by atoms with Gasteiger partial charge >= 0.3 is 11.6 Å². The highest BCUT2D eigenvalue weighted by Crippen LogP contribution is 2.37. The van der Waals surface area contributed by atoms with E-state index >= 15 is 0 Å². The van der Waals surface area contributed by atoms with Crippen LogP contribution >= 0.6 is 11.3 Å². The first-order valence-electron chi connectivity index (χ1n) is 8.79. The molecule has 9 heteroatoms. The normalized spacial score (nSPS) is 10.9. The van der Waals surface area contributed by atoms with Crippen molar-refractivity contribution in [1.29, 1.82) is 0 Å². The SMILES string of the molecule is Cc1cc(C)cc(Oc2ncnc(Nc3nc4ccc(C)cc4s3)c2[N+](=O)[O-])c1. The fourth-order valence-corrected chi connectivity index (χ4v) is 3.95. The maximum absolute atomic E-state index is 11.8. The van der Waals surface area contributed by atoms with E-state index in [1.54, 1.807) is 12.1 Å². The Kier molecular flexibility index (Phi) is 4.81. The second-order valence-corrected chi connectivity index (χ2v) is 7.70. The summed E-state index contributed by atoms with van der Waals surface area (Å²) >= 11 is 1.39. The van der Waals surface area contributed by atoms with Crippen molar-refractivity contribution in [1.82, 2.24) is 15.0 Å². The van der Waals surface area contributed by atoms with Crippen LogP contribution in [0.15, 0.2) is 42.7 Å². The lowest BCUT2D eigenvalue weighted by atomic mass is 10.1. The highest BCUT2D eigenvalue weighted by atomic mass is 32.1. The molecule has 0 atom stereocenters. The summed E-state index contributed by atoms with van der Waals surface area (Å²) in [5.41, 5.74) is 3.55. The summed E-state index contributed by atoms with van der Waals surface area (Å²) in [7, 11) is 0. The number of nitrogens with one attached hydrogen (secondary N) is 1. The number of hydrogen-bond donors (Lipinski definition) is 1. The Labute approximate surface area is 170 Å². The highest BCUT2D eigenvalue weighted by Gasteiger charge is 2.26. The molecule has 0 bridgehead atoms. The van der Waals surface area contributed by atoms with Crippen molar-refractivity contribution in [2.75, 3.05) is 5.32 Å². The zero-order valence-electron chi connectivity index (χ0n) is 16.0. The van der Waals surface area contributed by atoms with Crippen LogP contribution in [0.4, 0.5) is 16.6 Å². The van der Waals surface area contributed by atoms with E-state index in [1.807, 2.05) is 45.0 Å². The molecule has 1 N–H and O–H groups in total. The minimum absolute atomic E-state index is 0.0279. The third-order valence-corrected chi connectivity index (χ3v) is 5.08. The third-order valence-electron chi connectivity index (χ3n) is 4.15. The third kappa shape index (κ3) is 3.99. The minimum atomic E-state index is -0.558. The number of anilines is 2. The van der Waals surface area contributed by atoms with Gasteiger partial charge in [-0.25, -0.2) is 9.97 Å². The van der Waals surface area contributed by atoms with Crippen LogP contribution in [0.5, 0.6) is 11.6 Å². The summed E-state index contributed by atoms with van der Waals surface area (Å²) < 4.78 is 6.72. The molecule has 2 heterocycles. The van der Waals surface area contributed by atoms with E-state index in [0.717, 1.165) is 26.9 Å². The molecule has 0 aliphatic carbocycles. The fraction of sp³-hybridized carbons (Fsp3) is 0.150. The topological polar surface area (TPSA) is 103 Å². The molecule has 29 heavy (non-hydrogen) atoms. The Morgan fingerprint density at radius 2 is 1.79 bits per heavy atom. The van der Waals surface area contributed by atoms with Gasteiger partial charge in [0, 0.05) is 0 Å². The van der Waals surface area contributed by atoms with Gasteiger partial charge in [0.25, 0.3) is 0 Å². The van der Waals surface area contributed by atoms with E-state index in [9.17, 15) is 10.1 Å². The maximum atomic E-state index is 11.8. The molecule has 0 spiro atoms. The van der Waals surface area contributed by atoms with E-state index in [-0.39, 0.29) is 17.4 Å². The van der Waals surface area contributed by atoms with Crippen LogP contribution in [0.1, 0.15) is 16.7 Å². The van der Waals surface area contributed by atoms with Crippen LogP contribution in [-0.2, 0) is 0 Å². The minimum Gasteiger partial charge on any atom is -0.434 e. The molecule has 0 amide bonds. The number of nitro groups is 1. The van der Waals surface area contributed by atoms with Crippen molar-refractivity contribution < 1.29 is 9.66 Å². The van der Waals surface area contributed by atoms with Gasteiger partial charge in [0.2, 0.25) is 5.82 Å². The average molecular weight is 407 g/mol. The first kappa shape index (κ1) is 18.8. The zero-order chi connectivity index (χ0) is 20.5. The van der Waals surface area contributed by atoms with Gasteiger partial charge in [0.1, 0.15) is 12.1 Å². The monoisotopic (exact) mass is 407 g/mol. The quantitative estimate of drug-likeness (QED) is 0.346. The average Bonchev–Trinajstić information content (AvgIpc) is 3.02. The Morgan fingerprint density at radius 3 is 2.52 bits per heavy atom. The van der Waals surface area contributed by atoms with E-state index < -0.39 is 4.92 Å². The number of benzene rings is 2. The lowest BCUT2D eigenvalue weighted by Gasteiger charge is -2.09. The van der Waals surface area contributed by atoms with Crippen molar-refractivity contribution in [3.05, 3.63) is 69.5 Å². The molecule has 0 unspecified atom stereocenters. The first-order valence-corrected chi connectivity index (χ1v) is 9.60. The second kappa shape index (κ2) is 7.44. The molecule has 0 saturated carbocycles.